The molecule has 1 rings (SSSR count). The Morgan fingerprint density at radius 1 is 1.40 bits per heavy atom. The second-order valence-electron chi connectivity index (χ2n) is 1.23. The normalized spacial score (nSPS) is 21.0. The smallest absolute Gasteiger partial charge is 0.393 e. The van der Waals surface area contributed by atoms with Gasteiger partial charge in [-0.1, -0.05) is 0 Å². The summed E-state index contributed by atoms with van der Waals surface area (Å²) in [6, 6.07) is 0. The SMILES string of the molecule is OC1CC1.[Na+]. The molecule has 0 heterocycles. The molecule has 1 nitrogen and oxygen atoms in total. The fraction of sp³-hybridized carbons (Fsp3) is 1.00. The van der Waals surface area contributed by atoms with Gasteiger partial charge in [0.15, 0.2) is 0 Å². The number of aliphatic hydroxyl groups excluding tert-OH is 1. The van der Waals surface area contributed by atoms with Crippen molar-refractivity contribution < 1.29 is 34.7 Å². The van der Waals surface area contributed by atoms with Crippen LogP contribution >= 0.6 is 0 Å². The third-order valence-corrected chi connectivity index (χ3v) is 0.547. The van der Waals surface area contributed by atoms with Crippen LogP contribution in [0.1, 0.15) is 12.8 Å². The first-order chi connectivity index (χ1) is 1.89. The zero-order valence-corrected chi connectivity index (χ0v) is 5.44. The summed E-state index contributed by atoms with van der Waals surface area (Å²) in [6.45, 7) is 0. The van der Waals surface area contributed by atoms with Gasteiger partial charge in [-0.2, -0.15) is 0 Å². The Hall–Kier alpha value is 0.960. The van der Waals surface area contributed by atoms with Gasteiger partial charge in [0.05, 0.1) is 6.10 Å². The van der Waals surface area contributed by atoms with Crippen LogP contribution in [0.5, 0.6) is 0 Å². The van der Waals surface area contributed by atoms with Gasteiger partial charge >= 0.3 is 29.6 Å². The van der Waals surface area contributed by atoms with E-state index in [1.807, 2.05) is 0 Å². The predicted molar refractivity (Wildman–Crippen MR) is 15.2 cm³/mol. The van der Waals surface area contributed by atoms with Crippen molar-refractivity contribution in [2.75, 3.05) is 0 Å². The summed E-state index contributed by atoms with van der Waals surface area (Å²) in [4.78, 5) is 0. The van der Waals surface area contributed by atoms with Gasteiger partial charge in [-0.15, -0.1) is 0 Å². The van der Waals surface area contributed by atoms with Gasteiger partial charge in [0.25, 0.3) is 0 Å². The van der Waals surface area contributed by atoms with E-state index in [0.29, 0.717) is 0 Å². The van der Waals surface area contributed by atoms with Gasteiger partial charge in [-0.25, -0.2) is 0 Å². The monoisotopic (exact) mass is 81.0 g/mol. The van der Waals surface area contributed by atoms with E-state index in [4.69, 9.17) is 5.11 Å². The third kappa shape index (κ3) is 2.77. The fourth-order valence-corrected chi connectivity index (χ4v) is 0.0745. The molecule has 0 amide bonds. The maximum absolute atomic E-state index is 8.17. The van der Waals surface area contributed by atoms with E-state index < -0.39 is 0 Å². The summed E-state index contributed by atoms with van der Waals surface area (Å²) in [7, 11) is 0. The predicted octanol–water partition coefficient (Wildman–Crippen LogP) is -2.85. The summed E-state index contributed by atoms with van der Waals surface area (Å²) in [5.74, 6) is 0. The second-order valence-corrected chi connectivity index (χ2v) is 1.23. The minimum Gasteiger partial charge on any atom is -0.393 e. The molecule has 0 aliphatic heterocycles. The average Bonchev–Trinajstić information content (AvgIpc) is 1.75. The second kappa shape index (κ2) is 2.19. The molecular weight excluding hydrogens is 75.0 g/mol. The summed E-state index contributed by atoms with van der Waals surface area (Å²) < 4.78 is 0. The minimum absolute atomic E-state index is 0. The van der Waals surface area contributed by atoms with Crippen LogP contribution in [0.3, 0.4) is 0 Å². The molecule has 1 aliphatic carbocycles. The molecule has 0 bridgehead atoms. The van der Waals surface area contributed by atoms with Crippen LogP contribution in [0.4, 0.5) is 0 Å². The van der Waals surface area contributed by atoms with Crippen LogP contribution in [0.25, 0.3) is 0 Å². The zero-order chi connectivity index (χ0) is 2.99. The van der Waals surface area contributed by atoms with Gasteiger partial charge in [0.1, 0.15) is 0 Å². The first-order valence-corrected chi connectivity index (χ1v) is 1.57. The zero-order valence-electron chi connectivity index (χ0n) is 3.44. The van der Waals surface area contributed by atoms with Crippen LogP contribution in [0.2, 0.25) is 0 Å². The van der Waals surface area contributed by atoms with Crippen molar-refractivity contribution in [3.63, 3.8) is 0 Å². The van der Waals surface area contributed by atoms with Crippen molar-refractivity contribution in [2.24, 2.45) is 0 Å². The fourth-order valence-electron chi connectivity index (χ4n) is 0.0745. The van der Waals surface area contributed by atoms with Crippen molar-refractivity contribution >= 4 is 0 Å². The van der Waals surface area contributed by atoms with Crippen LogP contribution in [0.15, 0.2) is 0 Å². The average molecular weight is 81.1 g/mol. The molecule has 1 saturated carbocycles. The van der Waals surface area contributed by atoms with Gasteiger partial charge < -0.3 is 5.11 Å². The molecule has 0 unspecified atom stereocenters. The molecule has 0 aromatic carbocycles. The summed E-state index contributed by atoms with van der Waals surface area (Å²) in [5.41, 5.74) is 0. The molecule has 0 aromatic rings. The topological polar surface area (TPSA) is 20.2 Å². The number of hydrogen-bond acceptors (Lipinski definition) is 1. The van der Waals surface area contributed by atoms with Gasteiger partial charge in [0.2, 0.25) is 0 Å². The maximum atomic E-state index is 8.17. The van der Waals surface area contributed by atoms with E-state index in [0.717, 1.165) is 12.8 Å². The quantitative estimate of drug-likeness (QED) is 0.311. The Kier molecular flexibility index (Phi) is 2.61. The van der Waals surface area contributed by atoms with Crippen LogP contribution in [0, 0.1) is 0 Å². The van der Waals surface area contributed by atoms with Crippen molar-refractivity contribution in [3.05, 3.63) is 0 Å². The van der Waals surface area contributed by atoms with Gasteiger partial charge in [-0.05, 0) is 12.8 Å². The molecule has 5 heavy (non-hydrogen) atoms. The van der Waals surface area contributed by atoms with E-state index >= 15 is 0 Å². The molecule has 24 valence electrons. The molecule has 0 radical (unpaired) electrons. The van der Waals surface area contributed by atoms with E-state index in [1.54, 1.807) is 0 Å². The number of aliphatic hydroxyl groups is 1. The summed E-state index contributed by atoms with van der Waals surface area (Å²) in [5, 5.41) is 8.17. The van der Waals surface area contributed by atoms with Crippen molar-refractivity contribution in [1.82, 2.24) is 0 Å². The van der Waals surface area contributed by atoms with Crippen molar-refractivity contribution in [3.8, 4) is 0 Å². The molecule has 0 spiro atoms. The summed E-state index contributed by atoms with van der Waals surface area (Å²) in [6.07, 6.45) is 2.17. The van der Waals surface area contributed by atoms with Crippen LogP contribution < -0.4 is 29.6 Å². The minimum atomic E-state index is 0. The molecule has 1 aliphatic rings. The van der Waals surface area contributed by atoms with Crippen LogP contribution in [-0.4, -0.2) is 11.2 Å². The Labute approximate surface area is 53.7 Å². The molecule has 0 atom stereocenters. The Bertz CT molecular complexity index is 26.1. The van der Waals surface area contributed by atoms with Crippen molar-refractivity contribution in [1.29, 1.82) is 0 Å². The molecule has 2 heteroatoms. The van der Waals surface area contributed by atoms with E-state index in [1.165, 1.54) is 0 Å². The van der Waals surface area contributed by atoms with Gasteiger partial charge in [0, 0.05) is 0 Å². The first-order valence-electron chi connectivity index (χ1n) is 1.57. The molecular formula is C3H6NaO+. The standard InChI is InChI=1S/C3H6O.Na/c4-3-1-2-3;/h3-4H,1-2H2;/q;+1. The number of hydrogen-bond donors (Lipinski definition) is 1. The summed E-state index contributed by atoms with van der Waals surface area (Å²) >= 11 is 0. The van der Waals surface area contributed by atoms with E-state index in [-0.39, 0.29) is 35.7 Å². The molecule has 0 saturated heterocycles. The van der Waals surface area contributed by atoms with E-state index in [2.05, 4.69) is 0 Å². The molecule has 1 N–H and O–H groups in total. The Morgan fingerprint density at radius 2 is 1.60 bits per heavy atom. The first kappa shape index (κ1) is 5.96. The third-order valence-electron chi connectivity index (χ3n) is 0.547. The van der Waals surface area contributed by atoms with Crippen LogP contribution in [-0.2, 0) is 0 Å². The van der Waals surface area contributed by atoms with Crippen molar-refractivity contribution in [2.45, 2.75) is 18.9 Å². The maximum Gasteiger partial charge on any atom is 1.00 e. The van der Waals surface area contributed by atoms with E-state index in [9.17, 15) is 0 Å². The Balaban J connectivity index is 0.000000160. The Morgan fingerprint density at radius 3 is 1.60 bits per heavy atom. The molecule has 1 fully saturated rings. The molecule has 0 aromatic heterocycles. The largest absolute Gasteiger partial charge is 1.00 e. The van der Waals surface area contributed by atoms with Gasteiger partial charge in [-0.3, -0.25) is 0 Å². The number of rotatable bonds is 0.